The molecule has 0 fully saturated rings. The van der Waals surface area contributed by atoms with Gasteiger partial charge in [-0.25, -0.2) is 9.97 Å². The predicted octanol–water partition coefficient (Wildman–Crippen LogP) is 4.04. The Labute approximate surface area is 164 Å². The molecule has 0 saturated heterocycles. The first-order valence-corrected chi connectivity index (χ1v) is 9.60. The van der Waals surface area contributed by atoms with Gasteiger partial charge in [0.05, 0.1) is 34.4 Å². The largest absolute Gasteiger partial charge is 0.293 e. The molecule has 0 bridgehead atoms. The first-order valence-electron chi connectivity index (χ1n) is 8.72. The van der Waals surface area contributed by atoms with Crippen LogP contribution in [-0.2, 0) is 13.0 Å². The molecule has 0 atom stereocenters. The highest BCUT2D eigenvalue weighted by Crippen LogP contribution is 2.24. The summed E-state index contributed by atoms with van der Waals surface area (Å²) >= 11 is 1.51. The van der Waals surface area contributed by atoms with Crippen molar-refractivity contribution in [3.63, 3.8) is 0 Å². The van der Waals surface area contributed by atoms with E-state index in [0.717, 1.165) is 22.7 Å². The molecule has 2 aromatic heterocycles. The summed E-state index contributed by atoms with van der Waals surface area (Å²) in [5, 5.41) is 14.0. The molecule has 0 aliphatic carbocycles. The lowest BCUT2D eigenvalue weighted by atomic mass is 10.1. The van der Waals surface area contributed by atoms with E-state index in [4.69, 9.17) is 0 Å². The lowest BCUT2D eigenvalue weighted by Gasteiger charge is -2.05. The fourth-order valence-electron chi connectivity index (χ4n) is 2.94. The molecule has 0 radical (unpaired) electrons. The van der Waals surface area contributed by atoms with Crippen molar-refractivity contribution in [3.8, 4) is 10.6 Å². The van der Waals surface area contributed by atoms with Gasteiger partial charge in [0, 0.05) is 23.1 Å². The summed E-state index contributed by atoms with van der Waals surface area (Å²) in [4.78, 5) is 32.0. The van der Waals surface area contributed by atoms with Crippen molar-refractivity contribution in [3.05, 3.63) is 85.9 Å². The normalized spacial score (nSPS) is 11.0. The maximum absolute atomic E-state index is 12.7. The predicted molar refractivity (Wildman–Crippen MR) is 109 cm³/mol. The van der Waals surface area contributed by atoms with Crippen molar-refractivity contribution < 1.29 is 4.92 Å². The summed E-state index contributed by atoms with van der Waals surface area (Å²) < 4.78 is 1.42. The highest BCUT2D eigenvalue weighted by molar-refractivity contribution is 7.13. The third-order valence-corrected chi connectivity index (χ3v) is 5.45. The fourth-order valence-corrected chi connectivity index (χ4v) is 3.76. The van der Waals surface area contributed by atoms with Crippen LogP contribution >= 0.6 is 11.3 Å². The standard InChI is InChI=1S/C20H16N4O3S/c1-2-13-3-5-14(6-4-13)19-22-15(11-28-19)10-23-12-21-18-8-7-16(24(26)27)9-17(18)20(23)25/h3-9,11-12H,2,10H2,1H3. The number of aryl methyl sites for hydroxylation is 1. The van der Waals surface area contributed by atoms with Crippen LogP contribution < -0.4 is 5.56 Å². The van der Waals surface area contributed by atoms with Crippen molar-refractivity contribution in [1.82, 2.24) is 14.5 Å². The van der Waals surface area contributed by atoms with E-state index < -0.39 is 4.92 Å². The number of nitrogens with zero attached hydrogens (tertiary/aromatic N) is 4. The second kappa shape index (κ2) is 7.32. The second-order valence-electron chi connectivity index (χ2n) is 6.33. The van der Waals surface area contributed by atoms with Crippen molar-refractivity contribution in [2.24, 2.45) is 0 Å². The Morgan fingerprint density at radius 2 is 1.96 bits per heavy atom. The van der Waals surface area contributed by atoms with Crippen molar-refractivity contribution in [2.45, 2.75) is 19.9 Å². The van der Waals surface area contributed by atoms with Crippen LogP contribution in [0.3, 0.4) is 0 Å². The molecule has 4 aromatic rings. The zero-order valence-electron chi connectivity index (χ0n) is 15.0. The van der Waals surface area contributed by atoms with Crippen LogP contribution in [0.2, 0.25) is 0 Å². The van der Waals surface area contributed by atoms with Gasteiger partial charge in [-0.1, -0.05) is 31.2 Å². The zero-order valence-corrected chi connectivity index (χ0v) is 15.8. The smallest absolute Gasteiger partial charge is 0.270 e. The maximum Gasteiger partial charge on any atom is 0.270 e. The van der Waals surface area contributed by atoms with Gasteiger partial charge in [-0.15, -0.1) is 11.3 Å². The fraction of sp³-hybridized carbons (Fsp3) is 0.150. The Morgan fingerprint density at radius 1 is 1.18 bits per heavy atom. The van der Waals surface area contributed by atoms with E-state index in [1.54, 1.807) is 0 Å². The molecular weight excluding hydrogens is 376 g/mol. The summed E-state index contributed by atoms with van der Waals surface area (Å²) in [6, 6.07) is 12.4. The van der Waals surface area contributed by atoms with Crippen LogP contribution in [0, 0.1) is 10.1 Å². The first kappa shape index (κ1) is 18.0. The number of hydrogen-bond acceptors (Lipinski definition) is 6. The Bertz CT molecular complexity index is 1230. The number of aromatic nitrogens is 3. The number of rotatable bonds is 5. The Balaban J connectivity index is 1.64. The molecular formula is C20H16N4O3S. The van der Waals surface area contributed by atoms with Crippen molar-refractivity contribution in [1.29, 1.82) is 0 Å². The second-order valence-corrected chi connectivity index (χ2v) is 7.19. The van der Waals surface area contributed by atoms with Gasteiger partial charge in [0.25, 0.3) is 11.2 Å². The molecule has 0 saturated carbocycles. The number of thiazole rings is 1. The van der Waals surface area contributed by atoms with Crippen LogP contribution in [0.25, 0.3) is 21.5 Å². The highest BCUT2D eigenvalue weighted by Gasteiger charge is 2.12. The lowest BCUT2D eigenvalue weighted by molar-refractivity contribution is -0.384. The molecule has 0 spiro atoms. The molecule has 8 heteroatoms. The summed E-state index contributed by atoms with van der Waals surface area (Å²) in [7, 11) is 0. The minimum absolute atomic E-state index is 0.129. The van der Waals surface area contributed by atoms with Crippen LogP contribution in [0.5, 0.6) is 0 Å². The number of nitro benzene ring substituents is 1. The van der Waals surface area contributed by atoms with E-state index in [1.165, 1.54) is 46.0 Å². The van der Waals surface area contributed by atoms with E-state index in [1.807, 2.05) is 17.5 Å². The lowest BCUT2D eigenvalue weighted by Crippen LogP contribution is -2.21. The van der Waals surface area contributed by atoms with Gasteiger partial charge >= 0.3 is 0 Å². The number of benzene rings is 2. The Morgan fingerprint density at radius 3 is 2.68 bits per heavy atom. The monoisotopic (exact) mass is 392 g/mol. The van der Waals surface area contributed by atoms with Gasteiger partial charge in [0.2, 0.25) is 0 Å². The molecule has 28 heavy (non-hydrogen) atoms. The average molecular weight is 392 g/mol. The van der Waals surface area contributed by atoms with Gasteiger partial charge in [-0.3, -0.25) is 19.5 Å². The molecule has 0 aliphatic rings. The summed E-state index contributed by atoms with van der Waals surface area (Å²) in [5.41, 5.74) is 3.03. The number of non-ortho nitro benzene ring substituents is 1. The molecule has 2 heterocycles. The van der Waals surface area contributed by atoms with E-state index >= 15 is 0 Å². The van der Waals surface area contributed by atoms with Gasteiger partial charge in [-0.05, 0) is 18.1 Å². The average Bonchev–Trinajstić information content (AvgIpc) is 3.18. The van der Waals surface area contributed by atoms with Crippen LogP contribution in [0.4, 0.5) is 5.69 Å². The third kappa shape index (κ3) is 3.41. The molecule has 2 aromatic carbocycles. The number of fused-ring (bicyclic) bond motifs is 1. The first-order chi connectivity index (χ1) is 13.5. The van der Waals surface area contributed by atoms with Crippen LogP contribution in [0.15, 0.2) is 59.0 Å². The van der Waals surface area contributed by atoms with E-state index in [9.17, 15) is 14.9 Å². The topological polar surface area (TPSA) is 90.9 Å². The van der Waals surface area contributed by atoms with Gasteiger partial charge < -0.3 is 0 Å². The third-order valence-electron chi connectivity index (χ3n) is 4.51. The Hall–Kier alpha value is -3.39. The van der Waals surface area contributed by atoms with Crippen molar-refractivity contribution >= 4 is 27.9 Å². The van der Waals surface area contributed by atoms with Gasteiger partial charge in [0.15, 0.2) is 0 Å². The summed E-state index contributed by atoms with van der Waals surface area (Å²) in [5.74, 6) is 0. The molecule has 0 unspecified atom stereocenters. The van der Waals surface area contributed by atoms with Crippen LogP contribution in [0.1, 0.15) is 18.2 Å². The SMILES string of the molecule is CCc1ccc(-c2nc(Cn3cnc4ccc([N+](=O)[O-])cc4c3=O)cs2)cc1. The van der Waals surface area contributed by atoms with E-state index in [-0.39, 0.29) is 23.2 Å². The van der Waals surface area contributed by atoms with Gasteiger partial charge in [-0.2, -0.15) is 0 Å². The van der Waals surface area contributed by atoms with E-state index in [0.29, 0.717) is 5.52 Å². The quantitative estimate of drug-likeness (QED) is 0.378. The highest BCUT2D eigenvalue weighted by atomic mass is 32.1. The zero-order chi connectivity index (χ0) is 19.7. The summed E-state index contributed by atoms with van der Waals surface area (Å²) in [6.45, 7) is 2.37. The number of nitro groups is 1. The Kier molecular flexibility index (Phi) is 4.70. The minimum atomic E-state index is -0.521. The molecule has 140 valence electrons. The summed E-state index contributed by atoms with van der Waals surface area (Å²) in [6.07, 6.45) is 2.44. The van der Waals surface area contributed by atoms with E-state index in [2.05, 4.69) is 29.0 Å². The minimum Gasteiger partial charge on any atom is -0.293 e. The van der Waals surface area contributed by atoms with Crippen molar-refractivity contribution in [2.75, 3.05) is 0 Å². The molecule has 0 amide bonds. The molecule has 0 N–H and O–H groups in total. The maximum atomic E-state index is 12.7. The number of hydrogen-bond donors (Lipinski definition) is 0. The van der Waals surface area contributed by atoms with Gasteiger partial charge in [0.1, 0.15) is 5.01 Å². The molecule has 0 aliphatic heterocycles. The van der Waals surface area contributed by atoms with Crippen LogP contribution in [-0.4, -0.2) is 19.5 Å². The molecule has 4 rings (SSSR count). The molecule has 7 nitrogen and oxygen atoms in total.